The number of carbonyl (C=O) groups is 1. The van der Waals surface area contributed by atoms with Gasteiger partial charge in [0.15, 0.2) is 0 Å². The highest BCUT2D eigenvalue weighted by atomic mass is 16.2. The summed E-state index contributed by atoms with van der Waals surface area (Å²) in [5.74, 6) is 0.554. The predicted octanol–water partition coefficient (Wildman–Crippen LogP) is 2.37. The topological polar surface area (TPSA) is 46.3 Å². The number of rotatable bonds is 3. The fourth-order valence-electron chi connectivity index (χ4n) is 2.79. The zero-order chi connectivity index (χ0) is 14.0. The number of nitrogens with zero attached hydrogens (tertiary/aromatic N) is 1. The maximum absolute atomic E-state index is 12.4. The molecule has 1 aliphatic heterocycles. The van der Waals surface area contributed by atoms with Crippen LogP contribution >= 0.6 is 0 Å². The SMILES string of the molecule is CC(N)C(C)C(=O)N1CC(c2ccccc2)CC1C. The molecule has 1 heterocycles. The Balaban J connectivity index is 2.08. The monoisotopic (exact) mass is 260 g/mol. The van der Waals surface area contributed by atoms with Gasteiger partial charge in [-0.15, -0.1) is 0 Å². The van der Waals surface area contributed by atoms with Crippen molar-refractivity contribution in [3.05, 3.63) is 35.9 Å². The van der Waals surface area contributed by atoms with E-state index in [2.05, 4.69) is 31.2 Å². The van der Waals surface area contributed by atoms with Gasteiger partial charge in [-0.25, -0.2) is 0 Å². The summed E-state index contributed by atoms with van der Waals surface area (Å²) in [5.41, 5.74) is 7.18. The highest BCUT2D eigenvalue weighted by Gasteiger charge is 2.35. The Labute approximate surface area is 115 Å². The molecular weight excluding hydrogens is 236 g/mol. The number of nitrogens with two attached hydrogens (primary N) is 1. The van der Waals surface area contributed by atoms with Gasteiger partial charge in [0, 0.05) is 24.5 Å². The van der Waals surface area contributed by atoms with Crippen molar-refractivity contribution in [2.24, 2.45) is 11.7 Å². The van der Waals surface area contributed by atoms with Gasteiger partial charge in [-0.2, -0.15) is 0 Å². The second-order valence-corrected chi connectivity index (χ2v) is 5.83. The van der Waals surface area contributed by atoms with E-state index in [-0.39, 0.29) is 17.9 Å². The molecular formula is C16H24N2O. The van der Waals surface area contributed by atoms with Gasteiger partial charge in [-0.1, -0.05) is 37.3 Å². The minimum Gasteiger partial charge on any atom is -0.339 e. The van der Waals surface area contributed by atoms with Crippen LogP contribution in [-0.2, 0) is 4.79 Å². The number of carbonyl (C=O) groups excluding carboxylic acids is 1. The Bertz CT molecular complexity index is 430. The van der Waals surface area contributed by atoms with Gasteiger partial charge in [0.05, 0.1) is 5.92 Å². The van der Waals surface area contributed by atoms with Crippen LogP contribution in [0.4, 0.5) is 0 Å². The van der Waals surface area contributed by atoms with Gasteiger partial charge in [-0.3, -0.25) is 4.79 Å². The first kappa shape index (κ1) is 14.1. The molecule has 4 unspecified atom stereocenters. The van der Waals surface area contributed by atoms with Crippen molar-refractivity contribution in [2.45, 2.75) is 45.2 Å². The molecule has 2 rings (SSSR count). The summed E-state index contributed by atoms with van der Waals surface area (Å²) in [6.45, 7) is 6.78. The van der Waals surface area contributed by atoms with Gasteiger partial charge >= 0.3 is 0 Å². The van der Waals surface area contributed by atoms with Crippen LogP contribution in [0.3, 0.4) is 0 Å². The Hall–Kier alpha value is -1.35. The lowest BCUT2D eigenvalue weighted by Crippen LogP contribution is -2.43. The Morgan fingerprint density at radius 3 is 2.53 bits per heavy atom. The molecule has 1 fully saturated rings. The van der Waals surface area contributed by atoms with E-state index in [0.29, 0.717) is 12.0 Å². The van der Waals surface area contributed by atoms with E-state index in [0.717, 1.165) is 13.0 Å². The second kappa shape index (κ2) is 5.74. The van der Waals surface area contributed by atoms with E-state index in [4.69, 9.17) is 5.73 Å². The maximum Gasteiger partial charge on any atom is 0.227 e. The molecule has 0 radical (unpaired) electrons. The fourth-order valence-corrected chi connectivity index (χ4v) is 2.79. The predicted molar refractivity (Wildman–Crippen MR) is 77.8 cm³/mol. The standard InChI is InChI=1S/C16H24N2O/c1-11-9-15(14-7-5-4-6-8-14)10-18(11)16(19)12(2)13(3)17/h4-8,11-13,15H,9-10,17H2,1-3H3. The lowest BCUT2D eigenvalue weighted by Gasteiger charge is -2.26. The Kier molecular flexibility index (Phi) is 4.25. The molecule has 19 heavy (non-hydrogen) atoms. The van der Waals surface area contributed by atoms with Crippen LogP contribution in [0, 0.1) is 5.92 Å². The van der Waals surface area contributed by atoms with Crippen LogP contribution in [0.15, 0.2) is 30.3 Å². The average molecular weight is 260 g/mol. The van der Waals surface area contributed by atoms with Crippen LogP contribution < -0.4 is 5.73 Å². The maximum atomic E-state index is 12.4. The molecule has 1 aliphatic rings. The number of likely N-dealkylation sites (tertiary alicyclic amines) is 1. The minimum absolute atomic E-state index is 0.0875. The summed E-state index contributed by atoms with van der Waals surface area (Å²) < 4.78 is 0. The molecule has 0 aromatic heterocycles. The second-order valence-electron chi connectivity index (χ2n) is 5.83. The Morgan fingerprint density at radius 2 is 1.95 bits per heavy atom. The number of benzene rings is 1. The van der Waals surface area contributed by atoms with E-state index in [1.54, 1.807) is 0 Å². The molecule has 2 N–H and O–H groups in total. The van der Waals surface area contributed by atoms with Crippen molar-refractivity contribution in [1.82, 2.24) is 4.90 Å². The summed E-state index contributed by atoms with van der Waals surface area (Å²) in [6, 6.07) is 10.7. The molecule has 1 amide bonds. The summed E-state index contributed by atoms with van der Waals surface area (Å²) >= 11 is 0. The van der Waals surface area contributed by atoms with Crippen molar-refractivity contribution in [3.8, 4) is 0 Å². The van der Waals surface area contributed by atoms with Crippen molar-refractivity contribution >= 4 is 5.91 Å². The summed E-state index contributed by atoms with van der Waals surface area (Å²) in [5, 5.41) is 0. The molecule has 4 atom stereocenters. The Morgan fingerprint density at radius 1 is 1.32 bits per heavy atom. The lowest BCUT2D eigenvalue weighted by molar-refractivity contribution is -0.136. The van der Waals surface area contributed by atoms with Crippen molar-refractivity contribution in [1.29, 1.82) is 0 Å². The van der Waals surface area contributed by atoms with Gasteiger partial charge < -0.3 is 10.6 Å². The number of hydrogen-bond acceptors (Lipinski definition) is 2. The van der Waals surface area contributed by atoms with Gasteiger partial charge in [0.25, 0.3) is 0 Å². The van der Waals surface area contributed by atoms with Gasteiger partial charge in [0.2, 0.25) is 5.91 Å². The quantitative estimate of drug-likeness (QED) is 0.907. The third kappa shape index (κ3) is 2.98. The van der Waals surface area contributed by atoms with Gasteiger partial charge in [-0.05, 0) is 25.8 Å². The number of amides is 1. The zero-order valence-corrected chi connectivity index (χ0v) is 12.0. The normalized spacial score (nSPS) is 26.2. The smallest absolute Gasteiger partial charge is 0.227 e. The fraction of sp³-hybridized carbons (Fsp3) is 0.562. The van der Waals surface area contributed by atoms with Crippen molar-refractivity contribution in [3.63, 3.8) is 0 Å². The van der Waals surface area contributed by atoms with Crippen LogP contribution in [0.25, 0.3) is 0 Å². The molecule has 1 aromatic rings. The van der Waals surface area contributed by atoms with Crippen molar-refractivity contribution < 1.29 is 4.79 Å². The highest BCUT2D eigenvalue weighted by molar-refractivity contribution is 5.80. The molecule has 0 aliphatic carbocycles. The van der Waals surface area contributed by atoms with E-state index in [9.17, 15) is 4.79 Å². The first-order chi connectivity index (χ1) is 9.00. The summed E-state index contributed by atoms with van der Waals surface area (Å²) in [7, 11) is 0. The van der Waals surface area contributed by atoms with E-state index in [1.807, 2.05) is 24.8 Å². The summed E-state index contributed by atoms with van der Waals surface area (Å²) in [6.07, 6.45) is 1.04. The van der Waals surface area contributed by atoms with Crippen LogP contribution in [0.5, 0.6) is 0 Å². The molecule has 3 nitrogen and oxygen atoms in total. The molecule has 3 heteroatoms. The molecule has 0 spiro atoms. The zero-order valence-electron chi connectivity index (χ0n) is 12.0. The van der Waals surface area contributed by atoms with E-state index >= 15 is 0 Å². The lowest BCUT2D eigenvalue weighted by atomic mass is 9.97. The minimum atomic E-state index is -0.100. The third-order valence-corrected chi connectivity index (χ3v) is 4.31. The molecule has 1 saturated heterocycles. The average Bonchev–Trinajstić information content (AvgIpc) is 2.80. The first-order valence-electron chi connectivity index (χ1n) is 7.11. The van der Waals surface area contributed by atoms with Gasteiger partial charge in [0.1, 0.15) is 0 Å². The molecule has 1 aromatic carbocycles. The highest BCUT2D eigenvalue weighted by Crippen LogP contribution is 2.32. The third-order valence-electron chi connectivity index (χ3n) is 4.31. The van der Waals surface area contributed by atoms with Crippen LogP contribution in [0.1, 0.15) is 38.7 Å². The molecule has 0 saturated carbocycles. The van der Waals surface area contributed by atoms with E-state index < -0.39 is 0 Å². The van der Waals surface area contributed by atoms with Crippen LogP contribution in [-0.4, -0.2) is 29.4 Å². The van der Waals surface area contributed by atoms with Crippen LogP contribution in [0.2, 0.25) is 0 Å². The molecule has 0 bridgehead atoms. The summed E-state index contributed by atoms with van der Waals surface area (Å²) in [4.78, 5) is 14.4. The van der Waals surface area contributed by atoms with E-state index in [1.165, 1.54) is 5.56 Å². The van der Waals surface area contributed by atoms with Crippen molar-refractivity contribution in [2.75, 3.05) is 6.54 Å². The number of hydrogen-bond donors (Lipinski definition) is 1. The first-order valence-corrected chi connectivity index (χ1v) is 7.11. The molecule has 104 valence electrons. The largest absolute Gasteiger partial charge is 0.339 e.